The van der Waals surface area contributed by atoms with E-state index in [9.17, 15) is 9.18 Å². The van der Waals surface area contributed by atoms with Gasteiger partial charge in [0.05, 0.1) is 12.3 Å². The molecule has 0 N–H and O–H groups in total. The number of esters is 1. The van der Waals surface area contributed by atoms with Crippen molar-refractivity contribution in [3.8, 4) is 0 Å². The summed E-state index contributed by atoms with van der Waals surface area (Å²) in [5.74, 6) is -0.964. The molecule has 0 aliphatic carbocycles. The zero-order chi connectivity index (χ0) is 20.6. The number of carbonyl (C=O) groups excluding carboxylic acids is 1. The number of hydrogen-bond donors (Lipinski definition) is 0. The summed E-state index contributed by atoms with van der Waals surface area (Å²) in [5, 5.41) is 0.302. The molecule has 5 heteroatoms. The first-order chi connectivity index (χ1) is 14.1. The fourth-order valence-corrected chi connectivity index (χ4v) is 3.14. The molecule has 0 heterocycles. The van der Waals surface area contributed by atoms with Gasteiger partial charge in [-0.25, -0.2) is 9.18 Å². The highest BCUT2D eigenvalue weighted by atomic mass is 35.5. The van der Waals surface area contributed by atoms with Gasteiger partial charge in [0.15, 0.2) is 6.04 Å². The van der Waals surface area contributed by atoms with E-state index in [-0.39, 0.29) is 13.0 Å². The minimum absolute atomic E-state index is 0.0744. The van der Waals surface area contributed by atoms with Gasteiger partial charge in [-0.2, -0.15) is 0 Å². The zero-order valence-electron chi connectivity index (χ0n) is 16.0. The SMILES string of the molecule is CCOC(=O)C(Cc1ccc(Cl)cc1F)N=C(c1ccccc1)c1ccccc1. The minimum Gasteiger partial charge on any atom is -0.464 e. The van der Waals surface area contributed by atoms with Crippen LogP contribution in [0.15, 0.2) is 83.9 Å². The molecule has 0 aliphatic heterocycles. The maximum Gasteiger partial charge on any atom is 0.331 e. The van der Waals surface area contributed by atoms with Crippen LogP contribution in [-0.4, -0.2) is 24.3 Å². The molecule has 0 saturated heterocycles. The topological polar surface area (TPSA) is 38.7 Å². The summed E-state index contributed by atoms with van der Waals surface area (Å²) in [6, 6.07) is 22.7. The van der Waals surface area contributed by atoms with Gasteiger partial charge in [-0.1, -0.05) is 78.3 Å². The number of ether oxygens (including phenoxy) is 1. The Kier molecular flexibility index (Phi) is 7.14. The third kappa shape index (κ3) is 5.52. The van der Waals surface area contributed by atoms with Crippen molar-refractivity contribution in [2.75, 3.05) is 6.61 Å². The van der Waals surface area contributed by atoms with Crippen molar-refractivity contribution in [1.29, 1.82) is 0 Å². The normalized spacial score (nSPS) is 11.6. The van der Waals surface area contributed by atoms with Crippen molar-refractivity contribution in [3.63, 3.8) is 0 Å². The molecule has 0 aliphatic rings. The molecule has 0 bridgehead atoms. The van der Waals surface area contributed by atoms with E-state index in [2.05, 4.69) is 0 Å². The number of halogens is 2. The van der Waals surface area contributed by atoms with Gasteiger partial charge in [-0.3, -0.25) is 4.99 Å². The van der Waals surface area contributed by atoms with Gasteiger partial charge < -0.3 is 4.74 Å². The highest BCUT2D eigenvalue weighted by Gasteiger charge is 2.23. The number of aliphatic imine (C=N–C) groups is 1. The second kappa shape index (κ2) is 9.99. The summed E-state index contributed by atoms with van der Waals surface area (Å²) < 4.78 is 19.6. The molecule has 3 rings (SSSR count). The third-order valence-corrected chi connectivity index (χ3v) is 4.60. The van der Waals surface area contributed by atoms with E-state index in [1.165, 1.54) is 6.07 Å². The zero-order valence-corrected chi connectivity index (χ0v) is 16.8. The van der Waals surface area contributed by atoms with Crippen LogP contribution in [0.1, 0.15) is 23.6 Å². The summed E-state index contributed by atoms with van der Waals surface area (Å²) >= 11 is 5.85. The lowest BCUT2D eigenvalue weighted by atomic mass is 10.0. The van der Waals surface area contributed by atoms with Gasteiger partial charge in [0.25, 0.3) is 0 Å². The van der Waals surface area contributed by atoms with E-state index in [4.69, 9.17) is 21.3 Å². The maximum atomic E-state index is 14.4. The first kappa shape index (κ1) is 20.7. The van der Waals surface area contributed by atoms with Crippen LogP contribution >= 0.6 is 11.6 Å². The van der Waals surface area contributed by atoms with Crippen LogP contribution in [0.3, 0.4) is 0 Å². The second-order valence-corrected chi connectivity index (χ2v) is 6.85. The first-order valence-electron chi connectivity index (χ1n) is 9.37. The molecule has 29 heavy (non-hydrogen) atoms. The summed E-state index contributed by atoms with van der Waals surface area (Å²) in [5.41, 5.74) is 2.74. The Morgan fingerprint density at radius 3 is 2.10 bits per heavy atom. The van der Waals surface area contributed by atoms with Crippen molar-refractivity contribution in [2.24, 2.45) is 4.99 Å². The molecule has 3 nitrogen and oxygen atoms in total. The number of carbonyl (C=O) groups is 1. The summed E-state index contributed by atoms with van der Waals surface area (Å²) in [6.45, 7) is 1.96. The van der Waals surface area contributed by atoms with Crippen LogP contribution in [0.5, 0.6) is 0 Å². The largest absolute Gasteiger partial charge is 0.464 e. The molecule has 0 aromatic heterocycles. The maximum absolute atomic E-state index is 14.4. The van der Waals surface area contributed by atoms with E-state index >= 15 is 0 Å². The third-order valence-electron chi connectivity index (χ3n) is 4.37. The Hall–Kier alpha value is -2.98. The highest BCUT2D eigenvalue weighted by Crippen LogP contribution is 2.19. The lowest BCUT2D eigenvalue weighted by Crippen LogP contribution is -2.26. The van der Waals surface area contributed by atoms with Gasteiger partial charge in [0.1, 0.15) is 5.82 Å². The fourth-order valence-electron chi connectivity index (χ4n) is 2.98. The van der Waals surface area contributed by atoms with Crippen LogP contribution in [0, 0.1) is 5.82 Å². The van der Waals surface area contributed by atoms with E-state index in [0.717, 1.165) is 11.1 Å². The molecule has 0 fully saturated rings. The van der Waals surface area contributed by atoms with Crippen LogP contribution in [0.2, 0.25) is 5.02 Å². The van der Waals surface area contributed by atoms with E-state index in [1.54, 1.807) is 19.1 Å². The summed E-state index contributed by atoms with van der Waals surface area (Å²) in [4.78, 5) is 17.4. The monoisotopic (exact) mass is 409 g/mol. The standard InChI is InChI=1S/C24H21ClFNO2/c1-2-29-24(28)22(15-19-13-14-20(25)16-21(19)26)27-23(17-9-5-3-6-10-17)18-11-7-4-8-12-18/h3-14,16,22H,2,15H2,1H3. The number of nitrogens with zero attached hydrogens (tertiary/aromatic N) is 1. The number of benzene rings is 3. The molecule has 0 saturated carbocycles. The Bertz CT molecular complexity index is 949. The summed E-state index contributed by atoms with van der Waals surface area (Å²) in [6.07, 6.45) is 0.0744. The van der Waals surface area contributed by atoms with Gasteiger partial charge in [-0.15, -0.1) is 0 Å². The summed E-state index contributed by atoms with van der Waals surface area (Å²) in [7, 11) is 0. The first-order valence-corrected chi connectivity index (χ1v) is 9.75. The average Bonchev–Trinajstić information content (AvgIpc) is 2.74. The second-order valence-electron chi connectivity index (χ2n) is 6.42. The van der Waals surface area contributed by atoms with Crippen molar-refractivity contribution in [3.05, 3.63) is 106 Å². The van der Waals surface area contributed by atoms with Crippen molar-refractivity contribution in [2.45, 2.75) is 19.4 Å². The quantitative estimate of drug-likeness (QED) is 0.382. The molecule has 3 aromatic rings. The fraction of sp³-hybridized carbons (Fsp3) is 0.167. The van der Waals surface area contributed by atoms with Gasteiger partial charge in [0.2, 0.25) is 0 Å². The number of rotatable bonds is 7. The van der Waals surface area contributed by atoms with Crippen molar-refractivity contribution in [1.82, 2.24) is 0 Å². The van der Waals surface area contributed by atoms with Crippen molar-refractivity contribution < 1.29 is 13.9 Å². The van der Waals surface area contributed by atoms with Crippen LogP contribution in [-0.2, 0) is 16.0 Å². The average molecular weight is 410 g/mol. The Balaban J connectivity index is 2.06. The van der Waals surface area contributed by atoms with Crippen LogP contribution in [0.25, 0.3) is 0 Å². The molecular weight excluding hydrogens is 389 g/mol. The molecule has 3 aromatic carbocycles. The predicted octanol–water partition coefficient (Wildman–Crippen LogP) is 5.49. The molecule has 0 amide bonds. The molecule has 0 radical (unpaired) electrons. The highest BCUT2D eigenvalue weighted by molar-refractivity contribution is 6.30. The molecule has 0 spiro atoms. The van der Waals surface area contributed by atoms with E-state index in [0.29, 0.717) is 16.3 Å². The smallest absolute Gasteiger partial charge is 0.331 e. The molecule has 1 atom stereocenters. The van der Waals surface area contributed by atoms with E-state index < -0.39 is 17.8 Å². The molecule has 148 valence electrons. The Morgan fingerprint density at radius 2 is 1.59 bits per heavy atom. The lowest BCUT2D eigenvalue weighted by molar-refractivity contribution is -0.144. The van der Waals surface area contributed by atoms with Gasteiger partial charge in [-0.05, 0) is 24.6 Å². The van der Waals surface area contributed by atoms with Gasteiger partial charge in [0, 0.05) is 22.6 Å². The minimum atomic E-state index is -0.888. The van der Waals surface area contributed by atoms with Crippen molar-refractivity contribution >= 4 is 23.3 Å². The molecule has 1 unspecified atom stereocenters. The van der Waals surface area contributed by atoms with E-state index in [1.807, 2.05) is 60.7 Å². The van der Waals surface area contributed by atoms with Crippen LogP contribution in [0.4, 0.5) is 4.39 Å². The Labute approximate surface area is 174 Å². The Morgan fingerprint density at radius 1 is 1.00 bits per heavy atom. The molecular formula is C24H21ClFNO2. The van der Waals surface area contributed by atoms with Gasteiger partial charge >= 0.3 is 5.97 Å². The number of hydrogen-bond acceptors (Lipinski definition) is 3. The predicted molar refractivity (Wildman–Crippen MR) is 114 cm³/mol. The van der Waals surface area contributed by atoms with Crippen LogP contribution < -0.4 is 0 Å². The lowest BCUT2D eigenvalue weighted by Gasteiger charge is -2.16.